The Hall–Kier alpha value is -2.54. The molecular formula is C19H19NO5S. The first-order valence-electron chi connectivity index (χ1n) is 8.43. The van der Waals surface area contributed by atoms with Crippen molar-refractivity contribution in [1.29, 1.82) is 0 Å². The van der Waals surface area contributed by atoms with Gasteiger partial charge in [0.25, 0.3) is 5.91 Å². The lowest BCUT2D eigenvalue weighted by molar-refractivity contribution is 0.0947. The summed E-state index contributed by atoms with van der Waals surface area (Å²) in [7, 11) is 0. The number of hydrogen-bond donors (Lipinski definition) is 1. The molecule has 1 N–H and O–H groups in total. The van der Waals surface area contributed by atoms with Crippen LogP contribution in [0.25, 0.3) is 0 Å². The molecule has 0 saturated carbocycles. The van der Waals surface area contributed by atoms with Gasteiger partial charge in [0.2, 0.25) is 6.79 Å². The smallest absolute Gasteiger partial charge is 0.251 e. The van der Waals surface area contributed by atoms with Crippen LogP contribution in [0.4, 0.5) is 0 Å². The molecule has 0 bridgehead atoms. The van der Waals surface area contributed by atoms with Crippen LogP contribution in [-0.2, 0) is 0 Å². The molecule has 2 aliphatic rings. The van der Waals surface area contributed by atoms with E-state index in [9.17, 15) is 4.79 Å². The lowest BCUT2D eigenvalue weighted by Gasteiger charge is -2.25. The molecule has 2 aromatic carbocycles. The van der Waals surface area contributed by atoms with Gasteiger partial charge in [-0.3, -0.25) is 4.79 Å². The number of benzene rings is 2. The van der Waals surface area contributed by atoms with E-state index in [0.717, 1.165) is 17.3 Å². The molecule has 2 aliphatic heterocycles. The van der Waals surface area contributed by atoms with Crippen molar-refractivity contribution in [2.75, 3.05) is 31.5 Å². The molecule has 4 rings (SSSR count). The molecule has 7 heteroatoms. The highest BCUT2D eigenvalue weighted by Crippen LogP contribution is 2.35. The summed E-state index contributed by atoms with van der Waals surface area (Å²) < 4.78 is 22.0. The maximum atomic E-state index is 12.2. The molecule has 136 valence electrons. The maximum absolute atomic E-state index is 12.2. The Labute approximate surface area is 155 Å². The summed E-state index contributed by atoms with van der Waals surface area (Å²) in [4.78, 5) is 12.2. The number of rotatable bonds is 7. The van der Waals surface area contributed by atoms with Crippen molar-refractivity contribution in [3.63, 3.8) is 0 Å². The fourth-order valence-corrected chi connectivity index (χ4v) is 3.13. The van der Waals surface area contributed by atoms with Crippen LogP contribution in [0.3, 0.4) is 0 Å². The van der Waals surface area contributed by atoms with Crippen molar-refractivity contribution in [3.8, 4) is 23.0 Å². The fourth-order valence-electron chi connectivity index (χ4n) is 2.56. The molecule has 0 radical (unpaired) electrons. The minimum Gasteiger partial charge on any atom is -0.492 e. The molecule has 0 aliphatic carbocycles. The second-order valence-corrected chi connectivity index (χ2v) is 7.00. The van der Waals surface area contributed by atoms with E-state index in [0.29, 0.717) is 42.1 Å². The summed E-state index contributed by atoms with van der Waals surface area (Å²) in [5.74, 6) is 4.81. The topological polar surface area (TPSA) is 66.0 Å². The summed E-state index contributed by atoms with van der Waals surface area (Å²) in [5.41, 5.74) is 0.600. The van der Waals surface area contributed by atoms with Gasteiger partial charge in [0.05, 0.1) is 6.54 Å². The van der Waals surface area contributed by atoms with Gasteiger partial charge in [0.1, 0.15) is 24.2 Å². The second kappa shape index (κ2) is 7.78. The second-order valence-electron chi connectivity index (χ2n) is 5.92. The van der Waals surface area contributed by atoms with E-state index in [1.807, 2.05) is 36.0 Å². The lowest BCUT2D eigenvalue weighted by Crippen LogP contribution is -2.31. The number of nitrogens with one attached hydrogen (secondary N) is 1. The third kappa shape index (κ3) is 3.99. The van der Waals surface area contributed by atoms with Gasteiger partial charge in [-0.15, -0.1) is 0 Å². The zero-order valence-corrected chi connectivity index (χ0v) is 14.9. The van der Waals surface area contributed by atoms with Gasteiger partial charge in [-0.1, -0.05) is 0 Å². The third-order valence-electron chi connectivity index (χ3n) is 4.03. The molecule has 1 saturated heterocycles. The van der Waals surface area contributed by atoms with Crippen LogP contribution in [0.5, 0.6) is 23.0 Å². The minimum absolute atomic E-state index is 0.134. The SMILES string of the molecule is O=C(NCCOc1ccc2c(c1)OCO2)c1ccc(OC2CSC2)cc1. The lowest BCUT2D eigenvalue weighted by atomic mass is 10.2. The van der Waals surface area contributed by atoms with Crippen LogP contribution >= 0.6 is 11.8 Å². The Morgan fingerprint density at radius 1 is 1.08 bits per heavy atom. The number of hydrogen-bond acceptors (Lipinski definition) is 6. The Morgan fingerprint density at radius 2 is 1.85 bits per heavy atom. The molecule has 2 heterocycles. The van der Waals surface area contributed by atoms with Crippen LogP contribution in [0.15, 0.2) is 42.5 Å². The molecule has 0 aromatic heterocycles. The Bertz CT molecular complexity index is 776. The van der Waals surface area contributed by atoms with Crippen LogP contribution in [0.2, 0.25) is 0 Å². The molecule has 2 aromatic rings. The average molecular weight is 373 g/mol. The van der Waals surface area contributed by atoms with E-state index in [1.165, 1.54) is 0 Å². The first kappa shape index (κ1) is 16.9. The first-order chi connectivity index (χ1) is 12.8. The Morgan fingerprint density at radius 3 is 2.62 bits per heavy atom. The Kier molecular flexibility index (Phi) is 5.06. The number of carbonyl (C=O) groups is 1. The number of amides is 1. The molecule has 26 heavy (non-hydrogen) atoms. The monoisotopic (exact) mass is 373 g/mol. The van der Waals surface area contributed by atoms with Gasteiger partial charge < -0.3 is 24.3 Å². The van der Waals surface area contributed by atoms with Crippen molar-refractivity contribution in [1.82, 2.24) is 5.32 Å². The highest BCUT2D eigenvalue weighted by molar-refractivity contribution is 8.00. The van der Waals surface area contributed by atoms with Crippen LogP contribution < -0.4 is 24.3 Å². The Balaban J connectivity index is 1.21. The maximum Gasteiger partial charge on any atom is 0.251 e. The minimum atomic E-state index is -0.134. The number of carbonyl (C=O) groups excluding carboxylic acids is 1. The molecular weight excluding hydrogens is 354 g/mol. The summed E-state index contributed by atoms with van der Waals surface area (Å²) >= 11 is 1.87. The van der Waals surface area contributed by atoms with Crippen molar-refractivity contribution < 1.29 is 23.7 Å². The number of ether oxygens (including phenoxy) is 4. The summed E-state index contributed by atoms with van der Waals surface area (Å²) in [6, 6.07) is 12.6. The van der Waals surface area contributed by atoms with Crippen molar-refractivity contribution >= 4 is 17.7 Å². The number of fused-ring (bicyclic) bond motifs is 1. The van der Waals surface area contributed by atoms with Gasteiger partial charge in [0, 0.05) is 23.1 Å². The molecule has 1 amide bonds. The normalized spacial score (nSPS) is 15.2. The average Bonchev–Trinajstić information content (AvgIpc) is 3.10. The van der Waals surface area contributed by atoms with Gasteiger partial charge in [-0.2, -0.15) is 11.8 Å². The summed E-state index contributed by atoms with van der Waals surface area (Å²) in [5, 5.41) is 2.84. The fraction of sp³-hybridized carbons (Fsp3) is 0.316. The van der Waals surface area contributed by atoms with E-state index in [1.54, 1.807) is 18.2 Å². The first-order valence-corrected chi connectivity index (χ1v) is 9.58. The highest BCUT2D eigenvalue weighted by Gasteiger charge is 2.19. The molecule has 0 unspecified atom stereocenters. The molecule has 6 nitrogen and oxygen atoms in total. The molecule has 1 fully saturated rings. The summed E-state index contributed by atoms with van der Waals surface area (Å²) in [6.45, 7) is 1.01. The molecule has 0 spiro atoms. The van der Waals surface area contributed by atoms with Gasteiger partial charge in [-0.05, 0) is 36.4 Å². The highest BCUT2D eigenvalue weighted by atomic mass is 32.2. The summed E-state index contributed by atoms with van der Waals surface area (Å²) in [6.07, 6.45) is 0.299. The van der Waals surface area contributed by atoms with Crippen molar-refractivity contribution in [3.05, 3.63) is 48.0 Å². The number of thioether (sulfide) groups is 1. The zero-order chi connectivity index (χ0) is 17.8. The van der Waals surface area contributed by atoms with E-state index < -0.39 is 0 Å². The van der Waals surface area contributed by atoms with Crippen LogP contribution in [0, 0.1) is 0 Å². The quantitative estimate of drug-likeness (QED) is 0.753. The van der Waals surface area contributed by atoms with Gasteiger partial charge >= 0.3 is 0 Å². The van der Waals surface area contributed by atoms with E-state index >= 15 is 0 Å². The van der Waals surface area contributed by atoms with E-state index in [4.69, 9.17) is 18.9 Å². The zero-order valence-electron chi connectivity index (χ0n) is 14.1. The predicted octanol–water partition coefficient (Wildman–Crippen LogP) is 2.72. The van der Waals surface area contributed by atoms with E-state index in [-0.39, 0.29) is 12.7 Å². The van der Waals surface area contributed by atoms with Gasteiger partial charge in [-0.25, -0.2) is 0 Å². The van der Waals surface area contributed by atoms with E-state index in [2.05, 4.69) is 5.32 Å². The van der Waals surface area contributed by atoms with Gasteiger partial charge in [0.15, 0.2) is 11.5 Å². The van der Waals surface area contributed by atoms with Crippen LogP contribution in [-0.4, -0.2) is 43.5 Å². The third-order valence-corrected chi connectivity index (χ3v) is 5.24. The molecule has 0 atom stereocenters. The van der Waals surface area contributed by atoms with Crippen molar-refractivity contribution in [2.45, 2.75) is 6.10 Å². The standard InChI is InChI=1S/C19H19NO5S/c21-19(13-1-3-14(4-2-13)25-16-10-26-11-16)20-7-8-22-15-5-6-17-18(9-15)24-12-23-17/h1-6,9,16H,7-8,10-12H2,(H,20,21). The largest absolute Gasteiger partial charge is 0.492 e. The van der Waals surface area contributed by atoms with Crippen LogP contribution in [0.1, 0.15) is 10.4 Å². The van der Waals surface area contributed by atoms with Crippen molar-refractivity contribution in [2.24, 2.45) is 0 Å². The predicted molar refractivity (Wildman–Crippen MR) is 98.6 cm³/mol.